The molecule has 0 saturated heterocycles. The van der Waals surface area contributed by atoms with E-state index in [9.17, 15) is 4.79 Å². The van der Waals surface area contributed by atoms with Crippen molar-refractivity contribution in [2.45, 2.75) is 26.7 Å². The molecule has 0 fully saturated rings. The lowest BCUT2D eigenvalue weighted by atomic mass is 9.74. The lowest BCUT2D eigenvalue weighted by Crippen LogP contribution is -2.28. The summed E-state index contributed by atoms with van der Waals surface area (Å²) < 4.78 is 0. The van der Waals surface area contributed by atoms with Crippen molar-refractivity contribution in [3.05, 3.63) is 78.0 Å². The Labute approximate surface area is 159 Å². The molecule has 1 aliphatic rings. The van der Waals surface area contributed by atoms with Gasteiger partial charge in [-0.25, -0.2) is 0 Å². The quantitative estimate of drug-likeness (QED) is 0.659. The molecule has 0 radical (unpaired) electrons. The first-order valence-corrected chi connectivity index (χ1v) is 9.31. The van der Waals surface area contributed by atoms with Crippen LogP contribution in [0.4, 0.5) is 0 Å². The number of hydrogen-bond donors (Lipinski definition) is 2. The Balaban J connectivity index is 1.92. The van der Waals surface area contributed by atoms with Crippen molar-refractivity contribution in [2.75, 3.05) is 0 Å². The Morgan fingerprint density at radius 2 is 1.48 bits per heavy atom. The zero-order valence-corrected chi connectivity index (χ0v) is 15.8. The first-order chi connectivity index (χ1) is 12.9. The Kier molecular flexibility index (Phi) is 4.23. The van der Waals surface area contributed by atoms with Gasteiger partial charge in [0.1, 0.15) is 0 Å². The van der Waals surface area contributed by atoms with Gasteiger partial charge in [0, 0.05) is 28.9 Å². The van der Waals surface area contributed by atoms with Crippen molar-refractivity contribution in [1.29, 1.82) is 0 Å². The van der Waals surface area contributed by atoms with E-state index in [-0.39, 0.29) is 11.2 Å². The number of H-pyrrole nitrogens is 1. The van der Waals surface area contributed by atoms with Gasteiger partial charge in [-0.2, -0.15) is 0 Å². The lowest BCUT2D eigenvalue weighted by Gasteiger charge is -2.30. The summed E-state index contributed by atoms with van der Waals surface area (Å²) in [4.78, 5) is 16.5. The molecule has 3 N–H and O–H groups in total. The predicted molar refractivity (Wildman–Crippen MR) is 111 cm³/mol. The van der Waals surface area contributed by atoms with E-state index in [2.05, 4.69) is 49.2 Å². The van der Waals surface area contributed by atoms with Crippen molar-refractivity contribution in [1.82, 2.24) is 4.98 Å². The van der Waals surface area contributed by atoms with Gasteiger partial charge >= 0.3 is 0 Å². The van der Waals surface area contributed by atoms with E-state index in [1.165, 1.54) is 0 Å². The van der Waals surface area contributed by atoms with Crippen LogP contribution in [0.2, 0.25) is 0 Å². The Bertz CT molecular complexity index is 1010. The number of rotatable bonds is 3. The number of benzene rings is 2. The highest BCUT2D eigenvalue weighted by molar-refractivity contribution is 6.24. The van der Waals surface area contributed by atoms with Gasteiger partial charge in [-0.15, -0.1) is 0 Å². The van der Waals surface area contributed by atoms with Crippen LogP contribution in [0, 0.1) is 5.41 Å². The summed E-state index contributed by atoms with van der Waals surface area (Å²) in [7, 11) is 0. The van der Waals surface area contributed by atoms with Crippen LogP contribution in [-0.2, 0) is 4.79 Å². The summed E-state index contributed by atoms with van der Waals surface area (Å²) in [6.45, 7) is 4.19. The molecule has 0 aliphatic heterocycles. The highest BCUT2D eigenvalue weighted by Gasteiger charge is 2.34. The molecular formula is C24H24N2O. The number of Topliss-reactive ketones (excluding diaryl/α,β-unsaturated/α-hetero) is 1. The molecule has 27 heavy (non-hydrogen) atoms. The van der Waals surface area contributed by atoms with Gasteiger partial charge in [0.15, 0.2) is 5.78 Å². The molecule has 1 heterocycles. The largest absolute Gasteiger partial charge is 0.401 e. The fraction of sp³-hybridized carbons (Fsp3) is 0.208. The van der Waals surface area contributed by atoms with Crippen molar-refractivity contribution < 1.29 is 4.79 Å². The number of aromatic amines is 1. The minimum atomic E-state index is -0.0872. The molecule has 1 aromatic heterocycles. The Morgan fingerprint density at radius 1 is 0.889 bits per heavy atom. The second-order valence-corrected chi connectivity index (χ2v) is 8.04. The van der Waals surface area contributed by atoms with E-state index >= 15 is 0 Å². The van der Waals surface area contributed by atoms with Crippen LogP contribution in [0.3, 0.4) is 0 Å². The summed E-state index contributed by atoms with van der Waals surface area (Å²) >= 11 is 0. The van der Waals surface area contributed by atoms with Gasteiger partial charge in [-0.1, -0.05) is 74.5 Å². The van der Waals surface area contributed by atoms with E-state index in [0.717, 1.165) is 34.5 Å². The van der Waals surface area contributed by atoms with Crippen LogP contribution in [0.1, 0.15) is 32.3 Å². The molecular weight excluding hydrogens is 332 g/mol. The van der Waals surface area contributed by atoms with Crippen LogP contribution in [0.25, 0.3) is 28.1 Å². The highest BCUT2D eigenvalue weighted by Crippen LogP contribution is 2.42. The molecule has 4 rings (SSSR count). The summed E-state index contributed by atoms with van der Waals surface area (Å²) in [5.74, 6) is 0.125. The normalized spacial score (nSPS) is 16.6. The fourth-order valence-electron chi connectivity index (χ4n) is 3.95. The van der Waals surface area contributed by atoms with Gasteiger partial charge in [0.25, 0.3) is 0 Å². The third-order valence-electron chi connectivity index (χ3n) is 5.14. The molecule has 0 spiro atoms. The van der Waals surface area contributed by atoms with Gasteiger partial charge in [-0.05, 0) is 29.0 Å². The number of nitrogens with one attached hydrogen (secondary N) is 1. The van der Waals surface area contributed by atoms with Crippen molar-refractivity contribution in [3.8, 4) is 22.5 Å². The maximum atomic E-state index is 13.0. The first-order valence-electron chi connectivity index (χ1n) is 9.31. The summed E-state index contributed by atoms with van der Waals surface area (Å²) in [6, 6.07) is 22.3. The second-order valence-electron chi connectivity index (χ2n) is 8.04. The first kappa shape index (κ1) is 17.3. The highest BCUT2D eigenvalue weighted by atomic mass is 16.1. The number of hydrogen-bond acceptors (Lipinski definition) is 2. The van der Waals surface area contributed by atoms with Crippen LogP contribution in [0.5, 0.6) is 0 Å². The molecule has 2 aromatic carbocycles. The zero-order chi connectivity index (χ0) is 19.0. The van der Waals surface area contributed by atoms with E-state index in [1.807, 2.05) is 36.4 Å². The zero-order valence-electron chi connectivity index (χ0n) is 15.8. The monoisotopic (exact) mass is 356 g/mol. The predicted octanol–water partition coefficient (Wildman–Crippen LogP) is 5.41. The molecule has 136 valence electrons. The minimum Gasteiger partial charge on any atom is -0.401 e. The summed E-state index contributed by atoms with van der Waals surface area (Å²) in [5.41, 5.74) is 12.7. The van der Waals surface area contributed by atoms with E-state index in [0.29, 0.717) is 17.7 Å². The summed E-state index contributed by atoms with van der Waals surface area (Å²) in [5, 5.41) is 0. The number of allylic oxidation sites excluding steroid dienone is 2. The maximum absolute atomic E-state index is 13.0. The third-order valence-corrected chi connectivity index (χ3v) is 5.14. The fourth-order valence-corrected chi connectivity index (χ4v) is 3.95. The smallest absolute Gasteiger partial charge is 0.165 e. The molecule has 3 heteroatoms. The lowest BCUT2D eigenvalue weighted by molar-refractivity contribution is -0.116. The maximum Gasteiger partial charge on any atom is 0.165 e. The van der Waals surface area contributed by atoms with Gasteiger partial charge in [-0.3, -0.25) is 4.79 Å². The van der Waals surface area contributed by atoms with Crippen LogP contribution < -0.4 is 5.73 Å². The molecule has 1 aliphatic carbocycles. The third kappa shape index (κ3) is 3.33. The minimum absolute atomic E-state index is 0.0872. The number of aromatic nitrogens is 1. The van der Waals surface area contributed by atoms with Crippen LogP contribution in [0.15, 0.2) is 72.4 Å². The SMILES string of the molecule is CC1(C)CC(=O)C(c2cc(-c3ccccc3)[nH]c2-c2ccccc2)=C(N)C1. The average molecular weight is 356 g/mol. The second kappa shape index (κ2) is 6.58. The Morgan fingerprint density at radius 3 is 2.07 bits per heavy atom. The van der Waals surface area contributed by atoms with Gasteiger partial charge in [0.05, 0.1) is 5.69 Å². The number of carbonyl (C=O) groups is 1. The molecule has 3 nitrogen and oxygen atoms in total. The van der Waals surface area contributed by atoms with Crippen molar-refractivity contribution >= 4 is 11.4 Å². The number of nitrogens with two attached hydrogens (primary N) is 1. The number of ketones is 1. The topological polar surface area (TPSA) is 58.9 Å². The van der Waals surface area contributed by atoms with Crippen LogP contribution in [-0.4, -0.2) is 10.8 Å². The molecule has 0 bridgehead atoms. The molecule has 0 saturated carbocycles. The molecule has 0 atom stereocenters. The van der Waals surface area contributed by atoms with E-state index < -0.39 is 0 Å². The van der Waals surface area contributed by atoms with Gasteiger partial charge < -0.3 is 10.7 Å². The van der Waals surface area contributed by atoms with E-state index in [4.69, 9.17) is 5.73 Å². The average Bonchev–Trinajstić information content (AvgIpc) is 3.06. The molecule has 3 aromatic rings. The van der Waals surface area contributed by atoms with Crippen molar-refractivity contribution in [3.63, 3.8) is 0 Å². The standard InChI is InChI=1S/C24H24N2O/c1-24(2)14-19(25)22(21(27)15-24)18-13-20(16-9-5-3-6-10-16)26-23(18)17-11-7-4-8-12-17/h3-13,26H,14-15,25H2,1-2H3. The number of carbonyl (C=O) groups excluding carboxylic acids is 1. The van der Waals surface area contributed by atoms with Crippen molar-refractivity contribution in [2.24, 2.45) is 11.1 Å². The van der Waals surface area contributed by atoms with Gasteiger partial charge in [0.2, 0.25) is 0 Å². The summed E-state index contributed by atoms with van der Waals surface area (Å²) in [6.07, 6.45) is 1.25. The van der Waals surface area contributed by atoms with Crippen LogP contribution >= 0.6 is 0 Å². The molecule has 0 unspecified atom stereocenters. The van der Waals surface area contributed by atoms with E-state index in [1.54, 1.807) is 0 Å². The molecule has 0 amide bonds. The Hall–Kier alpha value is -3.07.